The van der Waals surface area contributed by atoms with Gasteiger partial charge in [-0.3, -0.25) is 9.89 Å². The van der Waals surface area contributed by atoms with E-state index in [-0.39, 0.29) is 11.0 Å². The summed E-state index contributed by atoms with van der Waals surface area (Å²) in [5.74, 6) is 0.527. The van der Waals surface area contributed by atoms with Crippen LogP contribution in [0.5, 0.6) is 0 Å². The van der Waals surface area contributed by atoms with Crippen LogP contribution < -0.4 is 11.2 Å². The predicted molar refractivity (Wildman–Crippen MR) is 121 cm³/mol. The van der Waals surface area contributed by atoms with Gasteiger partial charge in [0.25, 0.3) is 0 Å². The molecule has 0 unspecified atom stereocenters. The van der Waals surface area contributed by atoms with E-state index in [4.69, 9.17) is 10.2 Å². The molecule has 6 nitrogen and oxygen atoms in total. The van der Waals surface area contributed by atoms with Gasteiger partial charge in [0.1, 0.15) is 16.8 Å². The van der Waals surface area contributed by atoms with Gasteiger partial charge in [0, 0.05) is 11.1 Å². The van der Waals surface area contributed by atoms with Crippen LogP contribution in [-0.4, -0.2) is 15.4 Å². The molecule has 1 saturated carbocycles. The van der Waals surface area contributed by atoms with Crippen LogP contribution in [0.1, 0.15) is 24.8 Å². The lowest BCUT2D eigenvalue weighted by molar-refractivity contribution is 0.253. The number of nitrogens with zero attached hydrogens (tertiary/aromatic N) is 2. The first-order chi connectivity index (χ1) is 15.1. The first-order valence-corrected chi connectivity index (χ1v) is 10.4. The van der Waals surface area contributed by atoms with Crippen LogP contribution in [0.4, 0.5) is 0 Å². The van der Waals surface area contributed by atoms with Crippen LogP contribution in [0.3, 0.4) is 0 Å². The molecule has 0 radical (unpaired) electrons. The Labute approximate surface area is 177 Å². The van der Waals surface area contributed by atoms with Crippen molar-refractivity contribution in [1.82, 2.24) is 15.4 Å². The molecule has 0 spiro atoms. The van der Waals surface area contributed by atoms with E-state index in [2.05, 4.69) is 15.4 Å². The van der Waals surface area contributed by atoms with Gasteiger partial charge in [0.2, 0.25) is 5.43 Å². The highest BCUT2D eigenvalue weighted by Gasteiger charge is 2.34. The van der Waals surface area contributed by atoms with Crippen LogP contribution in [0.15, 0.2) is 75.9 Å². The van der Waals surface area contributed by atoms with Crippen LogP contribution in [0.2, 0.25) is 0 Å². The normalized spacial score (nSPS) is 15.3. The van der Waals surface area contributed by atoms with Gasteiger partial charge >= 0.3 is 0 Å². The van der Waals surface area contributed by atoms with E-state index in [1.54, 1.807) is 12.1 Å². The zero-order valence-electron chi connectivity index (χ0n) is 16.8. The van der Waals surface area contributed by atoms with E-state index in [9.17, 15) is 4.79 Å². The molecule has 31 heavy (non-hydrogen) atoms. The van der Waals surface area contributed by atoms with Gasteiger partial charge in [0.15, 0.2) is 5.58 Å². The number of nitrogens with two attached hydrogens (primary N) is 1. The van der Waals surface area contributed by atoms with E-state index in [1.807, 2.05) is 54.6 Å². The summed E-state index contributed by atoms with van der Waals surface area (Å²) in [4.78, 5) is 13.7. The molecule has 1 aliphatic rings. The molecule has 5 aromatic rings. The van der Waals surface area contributed by atoms with E-state index >= 15 is 0 Å². The van der Waals surface area contributed by atoms with Gasteiger partial charge in [-0.25, -0.2) is 0 Å². The number of hydrogen-bond donors (Lipinski definition) is 2. The molecule has 0 aliphatic heterocycles. The van der Waals surface area contributed by atoms with Crippen molar-refractivity contribution in [3.8, 4) is 22.5 Å². The fourth-order valence-electron chi connectivity index (χ4n) is 4.44. The minimum absolute atomic E-state index is 0.0875. The number of benzene rings is 3. The maximum Gasteiger partial charge on any atom is 0.201 e. The quantitative estimate of drug-likeness (QED) is 0.449. The second kappa shape index (κ2) is 6.62. The summed E-state index contributed by atoms with van der Waals surface area (Å²) in [7, 11) is 0. The Bertz CT molecular complexity index is 1480. The largest absolute Gasteiger partial charge is 0.453 e. The van der Waals surface area contributed by atoms with E-state index in [1.165, 1.54) is 0 Å². The number of fused-ring (bicyclic) bond motifs is 3. The minimum Gasteiger partial charge on any atom is -0.453 e. The summed E-state index contributed by atoms with van der Waals surface area (Å²) < 4.78 is 6.38. The molecule has 0 bridgehead atoms. The monoisotopic (exact) mass is 408 g/mol. The molecule has 152 valence electrons. The third kappa shape index (κ3) is 2.72. The zero-order chi connectivity index (χ0) is 21.0. The Morgan fingerprint density at radius 3 is 2.42 bits per heavy atom. The number of hydrogen-bond acceptors (Lipinski definition) is 5. The Kier molecular flexibility index (Phi) is 3.85. The maximum absolute atomic E-state index is 13.7. The maximum atomic E-state index is 13.7. The standard InChI is InChI=1S/C25H20N4O2/c26-25(13-4-14-25)17-9-7-15(8-10-17)20-22(30)18-11-12-19-21(28-29-27-19)24(18)31-23(20)16-5-2-1-3-6-16/h1-3,5-12H,4,13-14,26H2,(H,27,28,29). The van der Waals surface area contributed by atoms with Crippen LogP contribution in [-0.2, 0) is 5.54 Å². The molecule has 3 N–H and O–H groups in total. The first kappa shape index (κ1) is 18.0. The number of aromatic nitrogens is 3. The molecule has 2 aromatic heterocycles. The lowest BCUT2D eigenvalue weighted by Crippen LogP contribution is -2.43. The number of H-pyrrole nitrogens is 1. The lowest BCUT2D eigenvalue weighted by atomic mass is 9.72. The summed E-state index contributed by atoms with van der Waals surface area (Å²) in [6.45, 7) is 0. The molecule has 0 amide bonds. The number of nitrogens with one attached hydrogen (secondary N) is 1. The van der Waals surface area contributed by atoms with Crippen molar-refractivity contribution in [1.29, 1.82) is 0 Å². The van der Waals surface area contributed by atoms with Crippen molar-refractivity contribution >= 4 is 22.0 Å². The fourth-order valence-corrected chi connectivity index (χ4v) is 4.44. The van der Waals surface area contributed by atoms with Crippen molar-refractivity contribution in [2.24, 2.45) is 5.73 Å². The van der Waals surface area contributed by atoms with E-state index < -0.39 is 0 Å². The average molecular weight is 408 g/mol. The number of rotatable bonds is 3. The van der Waals surface area contributed by atoms with Gasteiger partial charge in [-0.05, 0) is 42.5 Å². The molecule has 6 rings (SSSR count). The second-order valence-electron chi connectivity index (χ2n) is 8.24. The summed E-state index contributed by atoms with van der Waals surface area (Å²) in [6, 6.07) is 21.2. The highest BCUT2D eigenvalue weighted by Crippen LogP contribution is 2.40. The Hall–Kier alpha value is -3.77. The molecular weight excluding hydrogens is 388 g/mol. The molecule has 2 heterocycles. The van der Waals surface area contributed by atoms with Gasteiger partial charge < -0.3 is 10.2 Å². The van der Waals surface area contributed by atoms with Gasteiger partial charge in [-0.1, -0.05) is 59.8 Å². The molecule has 0 saturated heterocycles. The summed E-state index contributed by atoms with van der Waals surface area (Å²) >= 11 is 0. The summed E-state index contributed by atoms with van der Waals surface area (Å²) in [5.41, 5.74) is 11.2. The van der Waals surface area contributed by atoms with Crippen molar-refractivity contribution in [2.75, 3.05) is 0 Å². The Balaban J connectivity index is 1.63. The molecule has 6 heteroatoms. The van der Waals surface area contributed by atoms with Crippen molar-refractivity contribution in [2.45, 2.75) is 24.8 Å². The lowest BCUT2D eigenvalue weighted by Gasteiger charge is -2.38. The SMILES string of the molecule is NC1(c2ccc(-c3c(-c4ccccc4)oc4c(ccc5nn[nH]c54)c3=O)cc2)CCC1. The summed E-state index contributed by atoms with van der Waals surface area (Å²) in [6.07, 6.45) is 3.14. The summed E-state index contributed by atoms with van der Waals surface area (Å²) in [5, 5.41) is 11.3. The minimum atomic E-state index is -0.242. The van der Waals surface area contributed by atoms with Crippen molar-refractivity contribution in [3.05, 3.63) is 82.5 Å². The Morgan fingerprint density at radius 1 is 0.935 bits per heavy atom. The van der Waals surface area contributed by atoms with E-state index in [0.29, 0.717) is 33.3 Å². The second-order valence-corrected chi connectivity index (χ2v) is 8.24. The highest BCUT2D eigenvalue weighted by atomic mass is 16.3. The van der Waals surface area contributed by atoms with E-state index in [0.717, 1.165) is 36.0 Å². The molecule has 3 aromatic carbocycles. The third-order valence-electron chi connectivity index (χ3n) is 6.39. The smallest absolute Gasteiger partial charge is 0.201 e. The number of aromatic amines is 1. The average Bonchev–Trinajstić information content (AvgIpc) is 3.27. The van der Waals surface area contributed by atoms with Gasteiger partial charge in [-0.2, -0.15) is 0 Å². The van der Waals surface area contributed by atoms with Crippen molar-refractivity contribution in [3.63, 3.8) is 0 Å². The van der Waals surface area contributed by atoms with Gasteiger partial charge in [0.05, 0.1) is 10.9 Å². The van der Waals surface area contributed by atoms with Crippen LogP contribution >= 0.6 is 0 Å². The molecule has 1 aliphatic carbocycles. The third-order valence-corrected chi connectivity index (χ3v) is 6.39. The first-order valence-electron chi connectivity index (χ1n) is 10.4. The zero-order valence-corrected chi connectivity index (χ0v) is 16.8. The Morgan fingerprint density at radius 2 is 1.71 bits per heavy atom. The fraction of sp³-hybridized carbons (Fsp3) is 0.160. The van der Waals surface area contributed by atoms with Gasteiger partial charge in [-0.15, -0.1) is 5.10 Å². The molecule has 1 fully saturated rings. The highest BCUT2D eigenvalue weighted by molar-refractivity contribution is 6.02. The predicted octanol–water partition coefficient (Wildman–Crippen LogP) is 4.74. The molecular formula is C25H20N4O2. The molecule has 0 atom stereocenters. The van der Waals surface area contributed by atoms with Crippen LogP contribution in [0, 0.1) is 0 Å². The topological polar surface area (TPSA) is 97.8 Å². The van der Waals surface area contributed by atoms with Crippen molar-refractivity contribution < 1.29 is 4.42 Å². The van der Waals surface area contributed by atoms with Crippen LogP contribution in [0.25, 0.3) is 44.5 Å².